The van der Waals surface area contributed by atoms with Crippen LogP contribution in [0.3, 0.4) is 0 Å². The van der Waals surface area contributed by atoms with Gasteiger partial charge in [0.25, 0.3) is 5.91 Å². The Morgan fingerprint density at radius 1 is 1.17 bits per heavy atom. The first kappa shape index (κ1) is 25.3. The largest absolute Gasteiger partial charge is 0.467 e. The Morgan fingerprint density at radius 3 is 2.69 bits per heavy atom. The zero-order valence-corrected chi connectivity index (χ0v) is 21.9. The molecule has 7 atom stereocenters. The number of methoxy groups -OCH3 is 1. The molecular formula is C29H40N2O5. The molecule has 7 nitrogen and oxygen atoms in total. The zero-order valence-electron chi connectivity index (χ0n) is 21.9. The van der Waals surface area contributed by atoms with Gasteiger partial charge in [-0.2, -0.15) is 0 Å². The summed E-state index contributed by atoms with van der Waals surface area (Å²) in [5.41, 5.74) is 1.33. The molecule has 0 unspecified atom stereocenters. The maximum absolute atomic E-state index is 12.6. The number of allylic oxidation sites excluding steroid dienone is 2. The predicted octanol–water partition coefficient (Wildman–Crippen LogP) is 3.85. The van der Waals surface area contributed by atoms with Crippen molar-refractivity contribution in [3.05, 3.63) is 11.6 Å². The molecule has 5 aliphatic rings. The lowest BCUT2D eigenvalue weighted by molar-refractivity contribution is -0.152. The fourth-order valence-corrected chi connectivity index (χ4v) is 8.60. The lowest BCUT2D eigenvalue weighted by atomic mass is 9.46. The second kappa shape index (κ2) is 9.20. The molecule has 0 aromatic rings. The van der Waals surface area contributed by atoms with Crippen molar-refractivity contribution in [3.8, 4) is 12.3 Å². The topological polar surface area (TPSA) is 88.4 Å². The van der Waals surface area contributed by atoms with E-state index in [1.807, 2.05) is 0 Å². The van der Waals surface area contributed by atoms with Gasteiger partial charge in [0, 0.05) is 12.0 Å². The van der Waals surface area contributed by atoms with Crippen molar-refractivity contribution in [1.29, 1.82) is 0 Å². The van der Waals surface area contributed by atoms with Gasteiger partial charge in [0.15, 0.2) is 6.61 Å². The molecule has 0 aromatic carbocycles. The van der Waals surface area contributed by atoms with Crippen LogP contribution in [0, 0.1) is 40.9 Å². The molecule has 1 aliphatic heterocycles. The highest BCUT2D eigenvalue weighted by atomic mass is 16.6. The molecule has 0 spiro atoms. The SMILES string of the molecule is C#C[C@@]1(O)CC[C@@H]2[C@H]3CCC4=C/C(=N\OCC(=O)N5CCC[C@@H]5C(=O)OC)CC[C@]4(C)[C@H]3CC[C@@]21C. The summed E-state index contributed by atoms with van der Waals surface area (Å²) in [6.45, 7) is 5.03. The van der Waals surface area contributed by atoms with E-state index in [9.17, 15) is 14.7 Å². The first-order chi connectivity index (χ1) is 17.2. The van der Waals surface area contributed by atoms with Crippen molar-refractivity contribution in [2.75, 3.05) is 20.3 Å². The summed E-state index contributed by atoms with van der Waals surface area (Å²) in [6.07, 6.45) is 17.3. The van der Waals surface area contributed by atoms with Gasteiger partial charge in [-0.1, -0.05) is 30.5 Å². The average Bonchev–Trinajstić information content (AvgIpc) is 3.47. The molecule has 1 heterocycles. The fourth-order valence-electron chi connectivity index (χ4n) is 8.60. The second-order valence-electron chi connectivity index (χ2n) is 12.1. The number of amides is 1. The number of likely N-dealkylation sites (tertiary alicyclic amines) is 1. The van der Waals surface area contributed by atoms with Gasteiger partial charge in [0.05, 0.1) is 12.8 Å². The van der Waals surface area contributed by atoms with Crippen molar-refractivity contribution in [3.63, 3.8) is 0 Å². The van der Waals surface area contributed by atoms with Crippen LogP contribution in [0.4, 0.5) is 0 Å². The lowest BCUT2D eigenvalue weighted by Gasteiger charge is -2.58. The van der Waals surface area contributed by atoms with Gasteiger partial charge < -0.3 is 19.6 Å². The van der Waals surface area contributed by atoms with Crippen molar-refractivity contribution in [1.82, 2.24) is 4.90 Å². The van der Waals surface area contributed by atoms with Gasteiger partial charge in [-0.3, -0.25) is 4.79 Å². The molecule has 1 saturated heterocycles. The van der Waals surface area contributed by atoms with Crippen LogP contribution in [0.25, 0.3) is 0 Å². The third-order valence-electron chi connectivity index (χ3n) is 10.8. The number of fused-ring (bicyclic) bond motifs is 5. The first-order valence-electron chi connectivity index (χ1n) is 13.6. The van der Waals surface area contributed by atoms with Crippen molar-refractivity contribution < 1.29 is 24.3 Å². The van der Waals surface area contributed by atoms with E-state index in [1.165, 1.54) is 12.7 Å². The summed E-state index contributed by atoms with van der Waals surface area (Å²) in [5.74, 6) is 3.86. The Bertz CT molecular complexity index is 1030. The summed E-state index contributed by atoms with van der Waals surface area (Å²) in [6, 6.07) is -0.514. The maximum Gasteiger partial charge on any atom is 0.328 e. The van der Waals surface area contributed by atoms with E-state index in [2.05, 4.69) is 31.0 Å². The normalized spacial score (nSPS) is 42.6. The molecule has 36 heavy (non-hydrogen) atoms. The van der Waals surface area contributed by atoms with Gasteiger partial charge in [-0.05, 0) is 93.5 Å². The summed E-state index contributed by atoms with van der Waals surface area (Å²) >= 11 is 0. The number of nitrogens with zero attached hydrogens (tertiary/aromatic N) is 2. The number of hydrogen-bond acceptors (Lipinski definition) is 6. The number of carbonyl (C=O) groups is 2. The molecule has 1 amide bonds. The Morgan fingerprint density at radius 2 is 1.94 bits per heavy atom. The summed E-state index contributed by atoms with van der Waals surface area (Å²) in [7, 11) is 1.35. The molecule has 196 valence electrons. The molecule has 1 N–H and O–H groups in total. The van der Waals surface area contributed by atoms with Gasteiger partial charge in [-0.25, -0.2) is 4.79 Å². The van der Waals surface area contributed by atoms with Gasteiger partial charge >= 0.3 is 5.97 Å². The molecule has 7 heteroatoms. The smallest absolute Gasteiger partial charge is 0.328 e. The number of hydrogen-bond donors (Lipinski definition) is 1. The zero-order chi connectivity index (χ0) is 25.7. The number of esters is 1. The number of aliphatic hydroxyl groups is 1. The quantitative estimate of drug-likeness (QED) is 0.363. The van der Waals surface area contributed by atoms with Crippen LogP contribution in [0.15, 0.2) is 16.8 Å². The van der Waals surface area contributed by atoms with Crippen LogP contribution in [0.5, 0.6) is 0 Å². The number of ether oxygens (including phenoxy) is 1. The van der Waals surface area contributed by atoms with Crippen molar-refractivity contribution in [2.45, 2.75) is 89.7 Å². The Kier molecular flexibility index (Phi) is 6.47. The Hall–Kier alpha value is -2.33. The molecule has 0 bridgehead atoms. The van der Waals surface area contributed by atoms with E-state index in [0.717, 1.165) is 63.5 Å². The molecular weight excluding hydrogens is 456 g/mol. The van der Waals surface area contributed by atoms with Gasteiger partial charge in [-0.15, -0.1) is 6.42 Å². The highest BCUT2D eigenvalue weighted by Gasteiger charge is 2.63. The van der Waals surface area contributed by atoms with Crippen LogP contribution in [0.1, 0.15) is 78.1 Å². The molecule has 4 fully saturated rings. The minimum Gasteiger partial charge on any atom is -0.467 e. The highest BCUT2D eigenvalue weighted by molar-refractivity contribution is 5.96. The van der Waals surface area contributed by atoms with Gasteiger partial charge in [0.2, 0.25) is 0 Å². The molecule has 4 aliphatic carbocycles. The first-order valence-corrected chi connectivity index (χ1v) is 13.6. The second-order valence-corrected chi connectivity index (χ2v) is 12.1. The number of terminal acetylenes is 1. The predicted molar refractivity (Wildman–Crippen MR) is 136 cm³/mol. The van der Waals surface area contributed by atoms with E-state index < -0.39 is 11.6 Å². The Labute approximate surface area is 214 Å². The monoisotopic (exact) mass is 496 g/mol. The van der Waals surface area contributed by atoms with E-state index in [-0.39, 0.29) is 29.3 Å². The van der Waals surface area contributed by atoms with Crippen LogP contribution in [-0.4, -0.2) is 59.5 Å². The minimum absolute atomic E-state index is 0.138. The van der Waals surface area contributed by atoms with Crippen LogP contribution in [-0.2, 0) is 19.2 Å². The van der Waals surface area contributed by atoms with E-state index in [4.69, 9.17) is 16.0 Å². The summed E-state index contributed by atoms with van der Waals surface area (Å²) < 4.78 is 4.83. The summed E-state index contributed by atoms with van der Waals surface area (Å²) in [5, 5.41) is 15.5. The van der Waals surface area contributed by atoms with E-state index >= 15 is 0 Å². The molecule has 0 radical (unpaired) electrons. The summed E-state index contributed by atoms with van der Waals surface area (Å²) in [4.78, 5) is 31.6. The van der Waals surface area contributed by atoms with E-state index in [0.29, 0.717) is 30.7 Å². The fraction of sp³-hybridized carbons (Fsp3) is 0.759. The van der Waals surface area contributed by atoms with E-state index in [1.54, 1.807) is 4.90 Å². The number of rotatable bonds is 4. The maximum atomic E-state index is 12.6. The molecule has 0 aromatic heterocycles. The average molecular weight is 497 g/mol. The van der Waals surface area contributed by atoms with Gasteiger partial charge in [0.1, 0.15) is 11.6 Å². The third kappa shape index (κ3) is 3.79. The van der Waals surface area contributed by atoms with Crippen LogP contribution >= 0.6 is 0 Å². The number of carbonyl (C=O) groups excluding carboxylic acids is 2. The van der Waals surface area contributed by atoms with Crippen LogP contribution in [0.2, 0.25) is 0 Å². The molecule has 3 saturated carbocycles. The highest BCUT2D eigenvalue weighted by Crippen LogP contribution is 2.67. The van der Waals surface area contributed by atoms with Crippen molar-refractivity contribution >= 4 is 17.6 Å². The van der Waals surface area contributed by atoms with Crippen LogP contribution < -0.4 is 0 Å². The number of oxime groups is 1. The standard InChI is InChI=1S/C29H40N2O5/c1-5-29(34)15-12-23-21-9-8-19-17-20(10-13-27(19,2)22(21)11-14-28(23,29)3)30-36-18-25(32)31-16-6-7-24(31)26(33)35-4/h1,17,21-24,34H,6-16,18H2,2-4H3/b30-20-/t21-,22-,23+,24+,27-,28-,29+/m0/s1. The minimum atomic E-state index is -0.966. The molecule has 5 rings (SSSR count). The lowest BCUT2D eigenvalue weighted by Crippen LogP contribution is -2.54. The third-order valence-corrected chi connectivity index (χ3v) is 10.8. The van der Waals surface area contributed by atoms with Crippen molar-refractivity contribution in [2.24, 2.45) is 33.7 Å². The Balaban J connectivity index is 1.24.